The van der Waals surface area contributed by atoms with E-state index in [1.807, 2.05) is 12.1 Å². The van der Waals surface area contributed by atoms with Gasteiger partial charge in [0.25, 0.3) is 0 Å². The maximum absolute atomic E-state index is 12.3. The fraction of sp³-hybridized carbons (Fsp3) is 0.588. The zero-order valence-electron chi connectivity index (χ0n) is 14.2. The summed E-state index contributed by atoms with van der Waals surface area (Å²) in [5.41, 5.74) is 1.38. The Morgan fingerprint density at radius 2 is 1.87 bits per heavy atom. The summed E-state index contributed by atoms with van der Waals surface area (Å²) >= 11 is 1.49. The number of hydrogen-bond donors (Lipinski definition) is 0. The van der Waals surface area contributed by atoms with Gasteiger partial charge in [0, 0.05) is 18.0 Å². The highest BCUT2D eigenvalue weighted by Crippen LogP contribution is 2.26. The highest BCUT2D eigenvalue weighted by molar-refractivity contribution is 8.00. The number of nitrogens with zero attached hydrogens (tertiary/aromatic N) is 1. The van der Waals surface area contributed by atoms with Crippen LogP contribution in [0.5, 0.6) is 0 Å². The Hall–Kier alpha value is -1.01. The van der Waals surface area contributed by atoms with Crippen molar-refractivity contribution in [1.82, 2.24) is 4.90 Å². The van der Waals surface area contributed by atoms with Crippen molar-refractivity contribution in [3.8, 4) is 0 Å². The Morgan fingerprint density at radius 3 is 2.35 bits per heavy atom. The minimum absolute atomic E-state index is 0.0167. The van der Waals surface area contributed by atoms with Gasteiger partial charge in [-0.3, -0.25) is 4.79 Å². The quantitative estimate of drug-likeness (QED) is 0.779. The summed E-state index contributed by atoms with van der Waals surface area (Å²) in [6.45, 7) is 6.51. The standard InChI is InChI=1S/C17H25NO3S2/c1-17(2,3)13-5-7-15(8-6-13)22-11-16(19)18(4)14-9-10-23(20,21)12-14/h5-8,14H,9-12H2,1-4H3/t14-/m1/s1. The first kappa shape index (κ1) is 18.3. The molecule has 1 amide bonds. The van der Waals surface area contributed by atoms with Gasteiger partial charge in [-0.1, -0.05) is 32.9 Å². The van der Waals surface area contributed by atoms with Crippen LogP contribution < -0.4 is 0 Å². The third-order valence-electron chi connectivity index (χ3n) is 4.23. The Labute approximate surface area is 143 Å². The normalized spacial score (nSPS) is 20.4. The molecule has 128 valence electrons. The molecule has 1 aliphatic rings. The minimum atomic E-state index is -2.96. The number of carbonyl (C=O) groups is 1. The Morgan fingerprint density at radius 1 is 1.26 bits per heavy atom. The first-order chi connectivity index (χ1) is 10.6. The van der Waals surface area contributed by atoms with Gasteiger partial charge in [0.1, 0.15) is 0 Å². The van der Waals surface area contributed by atoms with Crippen LogP contribution in [0.2, 0.25) is 0 Å². The average Bonchev–Trinajstić information content (AvgIpc) is 2.83. The van der Waals surface area contributed by atoms with Crippen molar-refractivity contribution in [2.24, 2.45) is 0 Å². The van der Waals surface area contributed by atoms with E-state index in [9.17, 15) is 13.2 Å². The van der Waals surface area contributed by atoms with E-state index in [2.05, 4.69) is 32.9 Å². The van der Waals surface area contributed by atoms with Crippen LogP contribution in [0, 0.1) is 0 Å². The van der Waals surface area contributed by atoms with Crippen LogP contribution in [-0.4, -0.2) is 49.6 Å². The molecule has 0 spiro atoms. The van der Waals surface area contributed by atoms with E-state index in [4.69, 9.17) is 0 Å². The molecule has 6 heteroatoms. The molecule has 0 aliphatic carbocycles. The molecule has 0 N–H and O–H groups in total. The second-order valence-corrected chi connectivity index (χ2v) is 10.4. The largest absolute Gasteiger partial charge is 0.341 e. The first-order valence-corrected chi connectivity index (χ1v) is 10.6. The second kappa shape index (κ2) is 6.85. The fourth-order valence-electron chi connectivity index (χ4n) is 2.58. The first-order valence-electron chi connectivity index (χ1n) is 7.78. The molecule has 0 radical (unpaired) electrons. The van der Waals surface area contributed by atoms with Crippen molar-refractivity contribution in [1.29, 1.82) is 0 Å². The van der Waals surface area contributed by atoms with Crippen LogP contribution in [0.3, 0.4) is 0 Å². The smallest absolute Gasteiger partial charge is 0.232 e. The van der Waals surface area contributed by atoms with E-state index in [1.165, 1.54) is 17.3 Å². The highest BCUT2D eigenvalue weighted by Gasteiger charge is 2.32. The molecule has 4 nitrogen and oxygen atoms in total. The molecule has 0 unspecified atom stereocenters. The van der Waals surface area contributed by atoms with Gasteiger partial charge in [-0.05, 0) is 29.5 Å². The molecule has 23 heavy (non-hydrogen) atoms. The van der Waals surface area contributed by atoms with Crippen molar-refractivity contribution in [3.05, 3.63) is 29.8 Å². The fourth-order valence-corrected chi connectivity index (χ4v) is 5.18. The predicted octanol–water partition coefficient (Wildman–Crippen LogP) is 2.72. The number of sulfone groups is 1. The zero-order valence-corrected chi connectivity index (χ0v) is 15.8. The van der Waals surface area contributed by atoms with Gasteiger partial charge in [-0.25, -0.2) is 8.42 Å². The summed E-state index contributed by atoms with van der Waals surface area (Å²) in [5, 5.41) is 0. The average molecular weight is 356 g/mol. The van der Waals surface area contributed by atoms with Crippen LogP contribution in [-0.2, 0) is 20.0 Å². The summed E-state index contributed by atoms with van der Waals surface area (Å²) in [7, 11) is -1.26. The molecule has 1 atom stereocenters. The maximum Gasteiger partial charge on any atom is 0.232 e. The molecular formula is C17H25NO3S2. The van der Waals surface area contributed by atoms with Crippen molar-refractivity contribution in [3.63, 3.8) is 0 Å². The predicted molar refractivity (Wildman–Crippen MR) is 95.7 cm³/mol. The molecule has 0 aromatic heterocycles. The molecule has 1 aliphatic heterocycles. The van der Waals surface area contributed by atoms with Gasteiger partial charge in [-0.2, -0.15) is 0 Å². The number of benzene rings is 1. The monoisotopic (exact) mass is 355 g/mol. The molecule has 0 saturated carbocycles. The van der Waals surface area contributed by atoms with Gasteiger partial charge in [0.2, 0.25) is 5.91 Å². The number of carbonyl (C=O) groups excluding carboxylic acids is 1. The topological polar surface area (TPSA) is 54.5 Å². The maximum atomic E-state index is 12.3. The van der Waals surface area contributed by atoms with E-state index in [0.717, 1.165) is 4.90 Å². The molecule has 1 heterocycles. The lowest BCUT2D eigenvalue weighted by molar-refractivity contribution is -0.128. The highest BCUT2D eigenvalue weighted by atomic mass is 32.2. The number of thioether (sulfide) groups is 1. The van der Waals surface area contributed by atoms with E-state index in [-0.39, 0.29) is 28.9 Å². The molecule has 1 fully saturated rings. The SMILES string of the molecule is CN(C(=O)CSc1ccc(C(C)(C)C)cc1)[C@@H]1CCS(=O)(=O)C1. The molecule has 1 aromatic rings. The summed E-state index contributed by atoms with van der Waals surface area (Å²) in [6, 6.07) is 8.11. The molecule has 1 saturated heterocycles. The summed E-state index contributed by atoms with van der Waals surface area (Å²) in [5.74, 6) is 0.607. The van der Waals surface area contributed by atoms with Gasteiger partial charge >= 0.3 is 0 Å². The van der Waals surface area contributed by atoms with E-state index in [0.29, 0.717) is 12.2 Å². The number of rotatable bonds is 4. The van der Waals surface area contributed by atoms with Crippen LogP contribution >= 0.6 is 11.8 Å². The third-order valence-corrected chi connectivity index (χ3v) is 6.98. The number of hydrogen-bond acceptors (Lipinski definition) is 4. The minimum Gasteiger partial charge on any atom is -0.341 e. The van der Waals surface area contributed by atoms with Crippen LogP contribution in [0.25, 0.3) is 0 Å². The second-order valence-electron chi connectivity index (χ2n) is 7.12. The molecule has 2 rings (SSSR count). The Balaban J connectivity index is 1.89. The van der Waals surface area contributed by atoms with Gasteiger partial charge in [0.05, 0.1) is 17.3 Å². The van der Waals surface area contributed by atoms with Gasteiger partial charge in [0.15, 0.2) is 9.84 Å². The lowest BCUT2D eigenvalue weighted by Crippen LogP contribution is -2.38. The lowest BCUT2D eigenvalue weighted by Gasteiger charge is -2.23. The van der Waals surface area contributed by atoms with Crippen LogP contribution in [0.1, 0.15) is 32.8 Å². The summed E-state index contributed by atoms with van der Waals surface area (Å²) in [6.07, 6.45) is 0.551. The van der Waals surface area contributed by atoms with Gasteiger partial charge < -0.3 is 4.90 Å². The Kier molecular flexibility index (Phi) is 5.46. The van der Waals surface area contributed by atoms with Crippen molar-refractivity contribution >= 4 is 27.5 Å². The summed E-state index contributed by atoms with van der Waals surface area (Å²) < 4.78 is 23.0. The Bertz CT molecular complexity index is 660. The number of amides is 1. The molecule has 1 aromatic carbocycles. The van der Waals surface area contributed by atoms with Crippen molar-refractivity contribution < 1.29 is 13.2 Å². The molecular weight excluding hydrogens is 330 g/mol. The molecule has 0 bridgehead atoms. The van der Waals surface area contributed by atoms with Crippen LogP contribution in [0.4, 0.5) is 0 Å². The lowest BCUT2D eigenvalue weighted by atomic mass is 9.87. The van der Waals surface area contributed by atoms with E-state index < -0.39 is 9.84 Å². The van der Waals surface area contributed by atoms with Crippen molar-refractivity contribution in [2.45, 2.75) is 43.5 Å². The van der Waals surface area contributed by atoms with Gasteiger partial charge in [-0.15, -0.1) is 11.8 Å². The third kappa shape index (κ3) is 4.98. The van der Waals surface area contributed by atoms with E-state index in [1.54, 1.807) is 11.9 Å². The summed E-state index contributed by atoms with van der Waals surface area (Å²) in [4.78, 5) is 14.9. The van der Waals surface area contributed by atoms with Crippen LogP contribution in [0.15, 0.2) is 29.2 Å². The zero-order chi connectivity index (χ0) is 17.3. The van der Waals surface area contributed by atoms with E-state index >= 15 is 0 Å². The van der Waals surface area contributed by atoms with Crippen molar-refractivity contribution in [2.75, 3.05) is 24.3 Å².